The number of carbonyl (C=O) groups is 1. The number of amides is 2. The zero-order chi connectivity index (χ0) is 15.9. The van der Waals surface area contributed by atoms with E-state index in [2.05, 4.69) is 36.6 Å². The van der Waals surface area contributed by atoms with E-state index in [1.54, 1.807) is 0 Å². The average molecular weight is 304 g/mol. The maximum Gasteiger partial charge on any atom is 0.315 e. The van der Waals surface area contributed by atoms with Gasteiger partial charge in [0.25, 0.3) is 0 Å². The van der Waals surface area contributed by atoms with E-state index in [0.29, 0.717) is 18.4 Å². The molecular formula is C18H28N2O2. The van der Waals surface area contributed by atoms with Crippen LogP contribution in [0, 0.1) is 11.8 Å². The van der Waals surface area contributed by atoms with E-state index in [1.807, 2.05) is 18.2 Å². The van der Waals surface area contributed by atoms with Gasteiger partial charge in [-0.05, 0) is 43.1 Å². The highest BCUT2D eigenvalue weighted by atomic mass is 16.3. The Balaban J connectivity index is 1.85. The molecule has 1 fully saturated rings. The molecule has 4 nitrogen and oxygen atoms in total. The lowest BCUT2D eigenvalue weighted by Gasteiger charge is -2.22. The van der Waals surface area contributed by atoms with Crippen LogP contribution in [0.2, 0.25) is 0 Å². The van der Waals surface area contributed by atoms with Gasteiger partial charge in [-0.25, -0.2) is 4.79 Å². The predicted octanol–water partition coefficient (Wildman–Crippen LogP) is 3.23. The molecular weight excluding hydrogens is 276 g/mol. The van der Waals surface area contributed by atoms with Crippen molar-refractivity contribution < 1.29 is 9.90 Å². The molecule has 122 valence electrons. The van der Waals surface area contributed by atoms with Gasteiger partial charge >= 0.3 is 6.03 Å². The zero-order valence-electron chi connectivity index (χ0n) is 13.6. The lowest BCUT2D eigenvalue weighted by atomic mass is 9.97. The van der Waals surface area contributed by atoms with Crippen LogP contribution in [0.4, 0.5) is 4.79 Å². The molecule has 4 heteroatoms. The second-order valence-electron chi connectivity index (χ2n) is 6.78. The minimum absolute atomic E-state index is 0.0374. The Hall–Kier alpha value is -1.55. The highest BCUT2D eigenvalue weighted by Gasteiger charge is 2.23. The van der Waals surface area contributed by atoms with Crippen molar-refractivity contribution in [1.29, 1.82) is 0 Å². The lowest BCUT2D eigenvalue weighted by Crippen LogP contribution is -2.40. The number of aliphatic hydroxyl groups is 1. The van der Waals surface area contributed by atoms with E-state index in [4.69, 9.17) is 0 Å². The number of rotatable bonds is 6. The molecule has 1 aromatic rings. The maximum atomic E-state index is 12.2. The van der Waals surface area contributed by atoms with Gasteiger partial charge in [-0.3, -0.25) is 0 Å². The van der Waals surface area contributed by atoms with Crippen LogP contribution in [0.25, 0.3) is 0 Å². The Kier molecular flexibility index (Phi) is 6.25. The molecule has 1 aromatic carbocycles. The first-order valence-electron chi connectivity index (χ1n) is 8.32. The van der Waals surface area contributed by atoms with Crippen molar-refractivity contribution in [3.8, 4) is 0 Å². The minimum atomic E-state index is -0.187. The molecule has 3 N–H and O–H groups in total. The van der Waals surface area contributed by atoms with Gasteiger partial charge in [0, 0.05) is 6.54 Å². The number of urea groups is 1. The fourth-order valence-electron chi connectivity index (χ4n) is 3.12. The van der Waals surface area contributed by atoms with Crippen molar-refractivity contribution in [2.75, 3.05) is 6.54 Å². The molecule has 0 spiro atoms. The molecule has 0 bridgehead atoms. The molecule has 0 aliphatic heterocycles. The molecule has 3 atom stereocenters. The highest BCUT2D eigenvalue weighted by molar-refractivity contribution is 5.74. The molecule has 2 rings (SSSR count). The molecule has 2 amide bonds. The smallest absolute Gasteiger partial charge is 0.315 e. The first kappa shape index (κ1) is 16.8. The third-order valence-corrected chi connectivity index (χ3v) is 4.28. The van der Waals surface area contributed by atoms with Gasteiger partial charge in [-0.2, -0.15) is 0 Å². The van der Waals surface area contributed by atoms with Gasteiger partial charge in [-0.1, -0.05) is 44.2 Å². The van der Waals surface area contributed by atoms with Gasteiger partial charge in [-0.15, -0.1) is 0 Å². The number of carbonyl (C=O) groups excluding carboxylic acids is 1. The predicted molar refractivity (Wildman–Crippen MR) is 88.5 cm³/mol. The largest absolute Gasteiger partial charge is 0.393 e. The van der Waals surface area contributed by atoms with Gasteiger partial charge < -0.3 is 15.7 Å². The van der Waals surface area contributed by atoms with Crippen LogP contribution in [0.3, 0.4) is 0 Å². The second-order valence-corrected chi connectivity index (χ2v) is 6.78. The Morgan fingerprint density at radius 1 is 1.27 bits per heavy atom. The lowest BCUT2D eigenvalue weighted by molar-refractivity contribution is 0.177. The van der Waals surface area contributed by atoms with E-state index < -0.39 is 0 Å². The van der Waals surface area contributed by atoms with Crippen LogP contribution >= 0.6 is 0 Å². The third kappa shape index (κ3) is 5.34. The molecule has 1 saturated carbocycles. The topological polar surface area (TPSA) is 61.4 Å². The van der Waals surface area contributed by atoms with Crippen LogP contribution in [-0.2, 0) is 0 Å². The SMILES string of the molecule is CC(C)C[C@H](NC(=O)NC[C@@H]1CC[C@@H](O)C1)c1ccccc1. The van der Waals surface area contributed by atoms with E-state index >= 15 is 0 Å². The highest BCUT2D eigenvalue weighted by Crippen LogP contribution is 2.24. The number of benzene rings is 1. The Morgan fingerprint density at radius 3 is 2.59 bits per heavy atom. The van der Waals surface area contributed by atoms with Crippen molar-refractivity contribution in [2.45, 2.75) is 51.7 Å². The Bertz CT molecular complexity index is 461. The van der Waals surface area contributed by atoms with Gasteiger partial charge in [0.05, 0.1) is 12.1 Å². The summed E-state index contributed by atoms with van der Waals surface area (Å²) in [6.07, 6.45) is 3.38. The molecule has 0 saturated heterocycles. The standard InChI is InChI=1S/C18H28N2O2/c1-13(2)10-17(15-6-4-3-5-7-15)20-18(22)19-12-14-8-9-16(21)11-14/h3-7,13-14,16-17,21H,8-12H2,1-2H3,(H2,19,20,22)/t14-,16-,17+/m1/s1. The number of nitrogens with one attached hydrogen (secondary N) is 2. The Labute approximate surface area is 133 Å². The summed E-state index contributed by atoms with van der Waals surface area (Å²) >= 11 is 0. The summed E-state index contributed by atoms with van der Waals surface area (Å²) < 4.78 is 0. The van der Waals surface area contributed by atoms with Crippen molar-refractivity contribution >= 4 is 6.03 Å². The van der Waals surface area contributed by atoms with Crippen LogP contribution in [0.1, 0.15) is 51.1 Å². The molecule has 22 heavy (non-hydrogen) atoms. The molecule has 0 unspecified atom stereocenters. The van der Waals surface area contributed by atoms with Crippen LogP contribution in [0.15, 0.2) is 30.3 Å². The van der Waals surface area contributed by atoms with Crippen LogP contribution in [0.5, 0.6) is 0 Å². The first-order chi connectivity index (χ1) is 10.5. The molecule has 0 aromatic heterocycles. The summed E-state index contributed by atoms with van der Waals surface area (Å²) in [5.74, 6) is 0.913. The monoisotopic (exact) mass is 304 g/mol. The van der Waals surface area contributed by atoms with Gasteiger partial charge in [0.15, 0.2) is 0 Å². The summed E-state index contributed by atoms with van der Waals surface area (Å²) in [6.45, 7) is 4.97. The zero-order valence-corrected chi connectivity index (χ0v) is 13.6. The molecule has 0 radical (unpaired) electrons. The maximum absolute atomic E-state index is 12.2. The number of hydrogen-bond acceptors (Lipinski definition) is 2. The van der Waals surface area contributed by atoms with Crippen molar-refractivity contribution in [1.82, 2.24) is 10.6 Å². The minimum Gasteiger partial charge on any atom is -0.393 e. The van der Waals surface area contributed by atoms with Gasteiger partial charge in [0.2, 0.25) is 0 Å². The third-order valence-electron chi connectivity index (χ3n) is 4.28. The summed E-state index contributed by atoms with van der Waals surface area (Å²) in [6, 6.07) is 10.0. The van der Waals surface area contributed by atoms with Crippen molar-refractivity contribution in [2.24, 2.45) is 11.8 Å². The van der Waals surface area contributed by atoms with E-state index in [9.17, 15) is 9.90 Å². The van der Waals surface area contributed by atoms with E-state index in [1.165, 1.54) is 0 Å². The number of aliphatic hydroxyl groups excluding tert-OH is 1. The summed E-state index contributed by atoms with van der Waals surface area (Å²) in [4.78, 5) is 12.2. The summed E-state index contributed by atoms with van der Waals surface area (Å²) in [5, 5.41) is 15.6. The summed E-state index contributed by atoms with van der Waals surface area (Å²) in [7, 11) is 0. The fraction of sp³-hybridized carbons (Fsp3) is 0.611. The van der Waals surface area contributed by atoms with Crippen LogP contribution < -0.4 is 10.6 Å². The normalized spacial score (nSPS) is 22.5. The van der Waals surface area contributed by atoms with Crippen molar-refractivity contribution in [3.05, 3.63) is 35.9 Å². The average Bonchev–Trinajstić information content (AvgIpc) is 2.91. The summed E-state index contributed by atoms with van der Waals surface area (Å²) in [5.41, 5.74) is 1.14. The van der Waals surface area contributed by atoms with E-state index in [0.717, 1.165) is 31.2 Å². The Morgan fingerprint density at radius 2 is 2.00 bits per heavy atom. The number of hydrogen-bond donors (Lipinski definition) is 3. The molecule has 1 aliphatic rings. The van der Waals surface area contributed by atoms with Crippen LogP contribution in [-0.4, -0.2) is 23.8 Å². The molecule has 0 heterocycles. The molecule has 1 aliphatic carbocycles. The first-order valence-corrected chi connectivity index (χ1v) is 8.32. The quantitative estimate of drug-likeness (QED) is 0.755. The van der Waals surface area contributed by atoms with Crippen molar-refractivity contribution in [3.63, 3.8) is 0 Å². The van der Waals surface area contributed by atoms with Gasteiger partial charge in [0.1, 0.15) is 0 Å². The van der Waals surface area contributed by atoms with E-state index in [-0.39, 0.29) is 18.2 Å². The second kappa shape index (κ2) is 8.18. The fourth-order valence-corrected chi connectivity index (χ4v) is 3.12.